The summed E-state index contributed by atoms with van der Waals surface area (Å²) in [5, 5.41) is -1.13. The average molecular weight is 206 g/mol. The van der Waals surface area contributed by atoms with Gasteiger partial charge >= 0.3 is 5.97 Å². The molecule has 0 aliphatic carbocycles. The Balaban J connectivity index is 3.42. The smallest absolute Gasteiger partial charge is 0.324 e. The molecular formula is C10H11ClO2. The lowest BCUT2D eigenvalue weighted by Gasteiger charge is -2.05. The van der Waals surface area contributed by atoms with Crippen LogP contribution in [0.4, 0.5) is 0 Å². The number of hydrogen-bond acceptors (Lipinski definition) is 2. The maximum Gasteiger partial charge on any atom is 0.324 e. The van der Waals surface area contributed by atoms with Crippen LogP contribution in [-0.4, -0.2) is 11.3 Å². The van der Waals surface area contributed by atoms with E-state index in [0.29, 0.717) is 0 Å². The number of esters is 1. The van der Waals surface area contributed by atoms with E-state index in [2.05, 4.69) is 4.74 Å². The molecule has 0 saturated carbocycles. The molecule has 0 spiro atoms. The molecule has 0 fully saturated rings. The summed E-state index contributed by atoms with van der Waals surface area (Å²) < 4.78 is 57.3. The van der Waals surface area contributed by atoms with Gasteiger partial charge in [0.15, 0.2) is 0 Å². The molecule has 13 heavy (non-hydrogen) atoms. The second kappa shape index (κ2) is 4.87. The standard InChI is InChI=1S/C10H11ClO2/c1-8(11)10(12)13-7-9-5-3-2-4-6-9/h2-6,8H,7H2,1H3/t8-/m0/s1/i2D,3D,4D,5D,6D,7D2. The summed E-state index contributed by atoms with van der Waals surface area (Å²) in [6.45, 7) is -1.62. The highest BCUT2D eigenvalue weighted by Gasteiger charge is 2.09. The molecule has 0 bridgehead atoms. The van der Waals surface area contributed by atoms with Crippen LogP contribution < -0.4 is 0 Å². The highest BCUT2D eigenvalue weighted by atomic mass is 35.5. The first kappa shape index (κ1) is 4.01. The van der Waals surface area contributed by atoms with Crippen molar-refractivity contribution < 1.29 is 19.1 Å². The van der Waals surface area contributed by atoms with Crippen LogP contribution in [0.1, 0.15) is 22.1 Å². The van der Waals surface area contributed by atoms with E-state index in [1.165, 1.54) is 6.92 Å². The van der Waals surface area contributed by atoms with E-state index in [9.17, 15) is 4.79 Å². The van der Waals surface area contributed by atoms with E-state index >= 15 is 0 Å². The fourth-order valence-corrected chi connectivity index (χ4v) is 0.528. The third-order valence-corrected chi connectivity index (χ3v) is 1.26. The van der Waals surface area contributed by atoms with Crippen molar-refractivity contribution in [3.05, 3.63) is 35.8 Å². The van der Waals surface area contributed by atoms with Gasteiger partial charge in [0, 0.05) is 0 Å². The summed E-state index contributed by atoms with van der Waals surface area (Å²) in [4.78, 5) is 11.3. The average Bonchev–Trinajstić information content (AvgIpc) is 2.33. The van der Waals surface area contributed by atoms with Crippen LogP contribution in [0.2, 0.25) is 0 Å². The normalized spacial score (nSPS) is 20.9. The van der Waals surface area contributed by atoms with Gasteiger partial charge in [-0.05, 0) is 12.5 Å². The highest BCUT2D eigenvalue weighted by molar-refractivity contribution is 6.29. The quantitative estimate of drug-likeness (QED) is 0.560. The molecule has 1 rings (SSSR count). The van der Waals surface area contributed by atoms with Crippen molar-refractivity contribution in [1.82, 2.24) is 0 Å². The number of hydrogen-bond donors (Lipinski definition) is 0. The minimum Gasteiger partial charge on any atom is -0.460 e. The van der Waals surface area contributed by atoms with Gasteiger partial charge in [0.2, 0.25) is 0 Å². The molecule has 0 amide bonds. The number of alkyl halides is 1. The lowest BCUT2D eigenvalue weighted by molar-refractivity contribution is -0.144. The van der Waals surface area contributed by atoms with E-state index in [-0.39, 0.29) is 0 Å². The van der Waals surface area contributed by atoms with Crippen molar-refractivity contribution in [2.45, 2.75) is 18.9 Å². The molecule has 1 atom stereocenters. The maximum atomic E-state index is 11.3. The van der Waals surface area contributed by atoms with Crippen LogP contribution in [-0.2, 0) is 16.1 Å². The summed E-state index contributed by atoms with van der Waals surface area (Å²) in [5.41, 5.74) is -0.742. The van der Waals surface area contributed by atoms with Gasteiger partial charge in [-0.2, -0.15) is 0 Å². The lowest BCUT2D eigenvalue weighted by atomic mass is 10.2. The zero-order valence-electron chi connectivity index (χ0n) is 13.8. The zero-order chi connectivity index (χ0) is 15.8. The molecule has 1 aromatic rings. The van der Waals surface area contributed by atoms with Crippen molar-refractivity contribution in [1.29, 1.82) is 0 Å². The highest BCUT2D eigenvalue weighted by Crippen LogP contribution is 2.03. The predicted molar refractivity (Wildman–Crippen MR) is 51.6 cm³/mol. The Labute approximate surface area is 92.3 Å². The van der Waals surface area contributed by atoms with Gasteiger partial charge in [-0.25, -0.2) is 0 Å². The first-order chi connectivity index (χ1) is 9.00. The Morgan fingerprint density at radius 3 is 2.85 bits per heavy atom. The van der Waals surface area contributed by atoms with Crippen molar-refractivity contribution in [2.24, 2.45) is 0 Å². The number of ether oxygens (including phenoxy) is 1. The first-order valence-electron chi connectivity index (χ1n) is 6.95. The van der Waals surface area contributed by atoms with Crippen LogP contribution in [0.3, 0.4) is 0 Å². The van der Waals surface area contributed by atoms with Crippen LogP contribution in [0.5, 0.6) is 0 Å². The zero-order valence-corrected chi connectivity index (χ0v) is 7.53. The van der Waals surface area contributed by atoms with Gasteiger partial charge in [-0.1, -0.05) is 30.2 Å². The summed E-state index contributed by atoms with van der Waals surface area (Å²) >= 11 is 5.45. The van der Waals surface area contributed by atoms with Crippen LogP contribution >= 0.6 is 11.6 Å². The molecule has 0 radical (unpaired) electrons. The molecule has 3 heteroatoms. The third kappa shape index (κ3) is 3.47. The largest absolute Gasteiger partial charge is 0.460 e. The second-order valence-corrected chi connectivity index (χ2v) is 2.79. The monoisotopic (exact) mass is 205 g/mol. The fraction of sp³-hybridized carbons (Fsp3) is 0.300. The molecule has 0 aliphatic rings. The number of halogens is 1. The van der Waals surface area contributed by atoms with Crippen molar-refractivity contribution >= 4 is 17.6 Å². The summed E-state index contributed by atoms with van der Waals surface area (Å²) in [6.07, 6.45) is 0. The summed E-state index contributed by atoms with van der Waals surface area (Å²) in [6, 6.07) is -3.61. The van der Waals surface area contributed by atoms with Gasteiger partial charge < -0.3 is 4.74 Å². The van der Waals surface area contributed by atoms with Gasteiger partial charge in [0.05, 0.1) is 9.60 Å². The van der Waals surface area contributed by atoms with Gasteiger partial charge in [0.1, 0.15) is 11.9 Å². The minimum atomic E-state index is -2.88. The van der Waals surface area contributed by atoms with E-state index in [1.54, 1.807) is 0 Å². The molecule has 0 heterocycles. The number of benzene rings is 1. The second-order valence-electron chi connectivity index (χ2n) is 2.14. The van der Waals surface area contributed by atoms with E-state index in [0.717, 1.165) is 0 Å². The number of carbonyl (C=O) groups is 1. The topological polar surface area (TPSA) is 26.3 Å². The molecule has 0 aromatic heterocycles. The van der Waals surface area contributed by atoms with Crippen LogP contribution in [0.15, 0.2) is 30.2 Å². The molecular weight excluding hydrogens is 188 g/mol. The number of rotatable bonds is 3. The molecule has 0 aliphatic heterocycles. The van der Waals surface area contributed by atoms with Gasteiger partial charge in [-0.15, -0.1) is 11.6 Å². The molecule has 2 nitrogen and oxygen atoms in total. The Morgan fingerprint density at radius 1 is 1.69 bits per heavy atom. The Kier molecular flexibility index (Phi) is 1.50. The van der Waals surface area contributed by atoms with E-state index in [1.807, 2.05) is 0 Å². The van der Waals surface area contributed by atoms with Crippen LogP contribution in [0.25, 0.3) is 0 Å². The van der Waals surface area contributed by atoms with E-state index in [4.69, 9.17) is 21.2 Å². The third-order valence-electron chi connectivity index (χ3n) is 1.08. The fourth-order valence-electron chi connectivity index (χ4n) is 0.484. The van der Waals surface area contributed by atoms with Gasteiger partial charge in [-0.3, -0.25) is 4.79 Å². The molecule has 1 aromatic carbocycles. The Hall–Kier alpha value is -1.02. The SMILES string of the molecule is [2H]c1c([2H])c([2H])c(C([2H])([2H])OC(=O)[C@H](C)Cl)c([2H])c1[2H]. The molecule has 0 N–H and O–H groups in total. The van der Waals surface area contributed by atoms with Crippen LogP contribution in [0, 0.1) is 0 Å². The van der Waals surface area contributed by atoms with Crippen molar-refractivity contribution in [2.75, 3.05) is 0 Å². The van der Waals surface area contributed by atoms with Crippen molar-refractivity contribution in [3.63, 3.8) is 0 Å². The molecule has 0 unspecified atom stereocenters. The maximum absolute atomic E-state index is 11.3. The summed E-state index contributed by atoms with van der Waals surface area (Å²) in [7, 11) is 0. The van der Waals surface area contributed by atoms with Gasteiger partial charge in [0.25, 0.3) is 0 Å². The molecule has 0 saturated heterocycles. The Morgan fingerprint density at radius 2 is 2.31 bits per heavy atom. The predicted octanol–water partition coefficient (Wildman–Crippen LogP) is 2.36. The number of carbonyl (C=O) groups excluding carboxylic acids is 1. The minimum absolute atomic E-state index is 0.656. The van der Waals surface area contributed by atoms with Crippen molar-refractivity contribution in [3.8, 4) is 0 Å². The first-order valence-corrected chi connectivity index (χ1v) is 3.88. The Bertz CT molecular complexity index is 530. The lowest BCUT2D eigenvalue weighted by Crippen LogP contribution is -2.13. The van der Waals surface area contributed by atoms with E-state index < -0.39 is 53.7 Å². The summed E-state index contributed by atoms with van der Waals surface area (Å²) in [5.74, 6) is -1.09. The molecule has 70 valence electrons.